The molecule has 2 aromatic heterocycles. The summed E-state index contributed by atoms with van der Waals surface area (Å²) < 4.78 is 24.4. The molecule has 2 aromatic carbocycles. The Morgan fingerprint density at radius 3 is 2.52 bits per heavy atom. The van der Waals surface area contributed by atoms with E-state index < -0.39 is 10.0 Å². The number of nitrogens with zero attached hydrogens (tertiary/aromatic N) is 3. The molecule has 4 aromatic rings. The third-order valence-electron chi connectivity index (χ3n) is 4.55. The lowest BCUT2D eigenvalue weighted by molar-refractivity contribution is 0.282. The van der Waals surface area contributed by atoms with Gasteiger partial charge in [0.05, 0.1) is 23.4 Å². The number of benzene rings is 2. The number of aliphatic hydroxyl groups is 1. The van der Waals surface area contributed by atoms with Crippen molar-refractivity contribution in [3.8, 4) is 11.3 Å². The van der Waals surface area contributed by atoms with Crippen LogP contribution in [0.15, 0.2) is 71.8 Å². The van der Waals surface area contributed by atoms with Crippen LogP contribution < -0.4 is 10.5 Å². The summed E-state index contributed by atoms with van der Waals surface area (Å²) >= 11 is 0. The number of sulfonamides is 1. The summed E-state index contributed by atoms with van der Waals surface area (Å²) in [6.45, 7) is 0.385. The second kappa shape index (κ2) is 7.63. The van der Waals surface area contributed by atoms with Gasteiger partial charge in [-0.2, -0.15) is 0 Å². The maximum Gasteiger partial charge on any atom is 0.238 e. The van der Waals surface area contributed by atoms with Crippen molar-refractivity contribution in [1.29, 1.82) is 0 Å². The Kier molecular flexibility index (Phi) is 5.01. The zero-order valence-electron chi connectivity index (χ0n) is 15.4. The molecule has 0 saturated carbocycles. The number of primary sulfonamides is 1. The summed E-state index contributed by atoms with van der Waals surface area (Å²) in [6, 6.07) is 17.6. The van der Waals surface area contributed by atoms with Crippen molar-refractivity contribution in [2.45, 2.75) is 18.0 Å². The highest BCUT2D eigenvalue weighted by Gasteiger charge is 2.11. The van der Waals surface area contributed by atoms with Gasteiger partial charge < -0.3 is 10.4 Å². The molecule has 29 heavy (non-hydrogen) atoms. The number of imidazole rings is 1. The van der Waals surface area contributed by atoms with Crippen LogP contribution in [0.4, 0.5) is 5.82 Å². The number of anilines is 1. The molecule has 4 rings (SSSR count). The zero-order valence-corrected chi connectivity index (χ0v) is 16.2. The van der Waals surface area contributed by atoms with Crippen LogP contribution in [-0.4, -0.2) is 28.1 Å². The van der Waals surface area contributed by atoms with E-state index >= 15 is 0 Å². The van der Waals surface area contributed by atoms with Crippen LogP contribution in [0.5, 0.6) is 0 Å². The summed E-state index contributed by atoms with van der Waals surface area (Å²) in [6.07, 6.45) is 1.73. The lowest BCUT2D eigenvalue weighted by atomic mass is 10.1. The molecular weight excluding hydrogens is 390 g/mol. The molecule has 0 aliphatic carbocycles. The minimum absolute atomic E-state index is 0.0735. The molecule has 2 heterocycles. The molecule has 0 bridgehead atoms. The van der Waals surface area contributed by atoms with Crippen molar-refractivity contribution in [1.82, 2.24) is 14.6 Å². The van der Waals surface area contributed by atoms with E-state index in [4.69, 9.17) is 5.14 Å². The van der Waals surface area contributed by atoms with Crippen LogP contribution >= 0.6 is 0 Å². The van der Waals surface area contributed by atoms with Gasteiger partial charge in [-0.05, 0) is 35.4 Å². The Labute approximate surface area is 167 Å². The molecule has 4 N–H and O–H groups in total. The second-order valence-electron chi connectivity index (χ2n) is 6.49. The number of nitrogens with two attached hydrogens (primary N) is 1. The van der Waals surface area contributed by atoms with E-state index in [1.807, 2.05) is 36.4 Å². The van der Waals surface area contributed by atoms with Crippen LogP contribution in [0, 0.1) is 0 Å². The Morgan fingerprint density at radius 2 is 1.79 bits per heavy atom. The molecule has 0 aliphatic rings. The summed E-state index contributed by atoms with van der Waals surface area (Å²) in [5, 5.41) is 22.6. The van der Waals surface area contributed by atoms with E-state index in [0.717, 1.165) is 22.4 Å². The quantitative estimate of drug-likeness (QED) is 0.448. The molecule has 0 unspecified atom stereocenters. The largest absolute Gasteiger partial charge is 0.392 e. The SMILES string of the molecule is NS(=O)(=O)c1ccc(CNc2ccc3ncc(-c4ccccc4CO)n3n2)cc1. The number of hydrogen-bond acceptors (Lipinski definition) is 6. The molecular formula is C20H19N5O3S. The standard InChI is InChI=1S/C20H19N5O3S/c21-29(27,28)16-7-5-14(6-8-16)11-22-19-9-10-20-23-12-18(25(20)24-19)17-4-2-1-3-15(17)13-26/h1-10,12,26H,11,13H2,(H,22,24)(H2,21,27,28). The Hall–Kier alpha value is -3.27. The van der Waals surface area contributed by atoms with Gasteiger partial charge in [0.2, 0.25) is 10.0 Å². The van der Waals surface area contributed by atoms with E-state index in [1.165, 1.54) is 12.1 Å². The monoisotopic (exact) mass is 409 g/mol. The molecule has 0 saturated heterocycles. The Morgan fingerprint density at radius 1 is 1.03 bits per heavy atom. The van der Waals surface area contributed by atoms with Crippen molar-refractivity contribution in [2.24, 2.45) is 5.14 Å². The molecule has 0 atom stereocenters. The number of hydrogen-bond donors (Lipinski definition) is 3. The molecule has 0 amide bonds. The number of aromatic nitrogens is 3. The van der Waals surface area contributed by atoms with E-state index in [0.29, 0.717) is 18.0 Å². The molecule has 9 heteroatoms. The average Bonchev–Trinajstić information content (AvgIpc) is 3.15. The third kappa shape index (κ3) is 3.97. The maximum absolute atomic E-state index is 11.3. The Bertz CT molecular complexity index is 1270. The van der Waals surface area contributed by atoms with Gasteiger partial charge in [0.25, 0.3) is 0 Å². The third-order valence-corrected chi connectivity index (χ3v) is 5.48. The van der Waals surface area contributed by atoms with E-state index in [1.54, 1.807) is 22.8 Å². The van der Waals surface area contributed by atoms with Gasteiger partial charge in [0.1, 0.15) is 5.82 Å². The van der Waals surface area contributed by atoms with E-state index in [2.05, 4.69) is 15.4 Å². The van der Waals surface area contributed by atoms with Gasteiger partial charge in [-0.15, -0.1) is 5.10 Å². The number of nitrogens with one attached hydrogen (secondary N) is 1. The van der Waals surface area contributed by atoms with Gasteiger partial charge in [-0.1, -0.05) is 36.4 Å². The highest BCUT2D eigenvalue weighted by Crippen LogP contribution is 2.24. The number of aliphatic hydroxyl groups excluding tert-OH is 1. The average molecular weight is 409 g/mol. The van der Waals surface area contributed by atoms with Crippen LogP contribution in [-0.2, 0) is 23.2 Å². The molecule has 0 aliphatic heterocycles. The molecule has 8 nitrogen and oxygen atoms in total. The smallest absolute Gasteiger partial charge is 0.238 e. The molecule has 0 spiro atoms. The van der Waals surface area contributed by atoms with Crippen molar-refractivity contribution < 1.29 is 13.5 Å². The Balaban J connectivity index is 1.59. The van der Waals surface area contributed by atoms with E-state index in [9.17, 15) is 13.5 Å². The first-order chi connectivity index (χ1) is 14.0. The first-order valence-corrected chi connectivity index (χ1v) is 10.4. The zero-order chi connectivity index (χ0) is 20.4. The fourth-order valence-corrected chi connectivity index (χ4v) is 3.56. The van der Waals surface area contributed by atoms with Gasteiger partial charge in [-0.25, -0.2) is 23.1 Å². The predicted octanol–water partition coefficient (Wildman–Crippen LogP) is 2.15. The van der Waals surface area contributed by atoms with Crippen LogP contribution in [0.3, 0.4) is 0 Å². The number of rotatable bonds is 6. The lowest BCUT2D eigenvalue weighted by Crippen LogP contribution is -2.12. The van der Waals surface area contributed by atoms with Crippen LogP contribution in [0.25, 0.3) is 16.9 Å². The molecule has 0 radical (unpaired) electrons. The highest BCUT2D eigenvalue weighted by atomic mass is 32.2. The van der Waals surface area contributed by atoms with Crippen LogP contribution in [0.1, 0.15) is 11.1 Å². The number of fused-ring (bicyclic) bond motifs is 1. The van der Waals surface area contributed by atoms with Gasteiger partial charge in [-0.3, -0.25) is 0 Å². The fraction of sp³-hybridized carbons (Fsp3) is 0.100. The highest BCUT2D eigenvalue weighted by molar-refractivity contribution is 7.89. The van der Waals surface area contributed by atoms with E-state index in [-0.39, 0.29) is 11.5 Å². The van der Waals surface area contributed by atoms with Gasteiger partial charge in [0.15, 0.2) is 5.65 Å². The summed E-state index contributed by atoms with van der Waals surface area (Å²) in [7, 11) is -3.70. The van der Waals surface area contributed by atoms with Crippen LogP contribution in [0.2, 0.25) is 0 Å². The molecule has 0 fully saturated rings. The van der Waals surface area contributed by atoms with Gasteiger partial charge in [0, 0.05) is 12.1 Å². The van der Waals surface area contributed by atoms with Crippen molar-refractivity contribution in [3.05, 3.63) is 78.0 Å². The lowest BCUT2D eigenvalue weighted by Gasteiger charge is -2.09. The summed E-state index contributed by atoms with van der Waals surface area (Å²) in [5.74, 6) is 0.633. The predicted molar refractivity (Wildman–Crippen MR) is 109 cm³/mol. The minimum Gasteiger partial charge on any atom is -0.392 e. The topological polar surface area (TPSA) is 123 Å². The normalized spacial score (nSPS) is 11.7. The van der Waals surface area contributed by atoms with Crippen molar-refractivity contribution >= 4 is 21.5 Å². The van der Waals surface area contributed by atoms with Crippen molar-refractivity contribution in [3.63, 3.8) is 0 Å². The first kappa shape index (κ1) is 19.1. The summed E-state index contributed by atoms with van der Waals surface area (Å²) in [4.78, 5) is 4.46. The van der Waals surface area contributed by atoms with Crippen molar-refractivity contribution in [2.75, 3.05) is 5.32 Å². The molecule has 148 valence electrons. The second-order valence-corrected chi connectivity index (χ2v) is 8.05. The first-order valence-electron chi connectivity index (χ1n) is 8.85. The summed E-state index contributed by atoms with van der Waals surface area (Å²) in [5.41, 5.74) is 4.02. The maximum atomic E-state index is 11.3. The van der Waals surface area contributed by atoms with Gasteiger partial charge >= 0.3 is 0 Å². The fourth-order valence-electron chi connectivity index (χ4n) is 3.05. The minimum atomic E-state index is -3.70.